The summed E-state index contributed by atoms with van der Waals surface area (Å²) in [4.78, 5) is 29.6. The molecule has 1 aliphatic heterocycles. The summed E-state index contributed by atoms with van der Waals surface area (Å²) < 4.78 is 37.0. The predicted octanol–water partition coefficient (Wildman–Crippen LogP) is 0.560. The Hall–Kier alpha value is -2.00. The van der Waals surface area contributed by atoms with E-state index in [1.54, 1.807) is 0 Å². The summed E-state index contributed by atoms with van der Waals surface area (Å²) in [6.45, 7) is 2.02. The number of amides is 2. The highest BCUT2D eigenvalue weighted by molar-refractivity contribution is 5.85. The minimum Gasteiger partial charge on any atom is -0.370 e. The zero-order chi connectivity index (χ0) is 19.0. The number of piperidine rings is 1. The van der Waals surface area contributed by atoms with Crippen LogP contribution in [0.1, 0.15) is 26.2 Å². The van der Waals surface area contributed by atoms with E-state index in [-0.39, 0.29) is 24.8 Å². The summed E-state index contributed by atoms with van der Waals surface area (Å²) in [6, 6.07) is 0. The summed E-state index contributed by atoms with van der Waals surface area (Å²) in [7, 11) is 1.10. The summed E-state index contributed by atoms with van der Waals surface area (Å²) >= 11 is 0. The molecule has 7 nitrogen and oxygen atoms in total. The van der Waals surface area contributed by atoms with Crippen LogP contribution in [0.2, 0.25) is 0 Å². The molecule has 1 atom stereocenters. The molecule has 0 aromatic rings. The normalized spacial score (nSPS) is 18.8. The Kier molecular flexibility index (Phi) is 7.98. The Labute approximate surface area is 145 Å². The number of carbonyl (C=O) groups excluding carboxylic acids is 2. The van der Waals surface area contributed by atoms with Crippen molar-refractivity contribution in [2.75, 3.05) is 39.8 Å². The summed E-state index contributed by atoms with van der Waals surface area (Å²) in [5, 5.41) is 3.04. The monoisotopic (exact) mass is 365 g/mol. The van der Waals surface area contributed by atoms with E-state index < -0.39 is 18.6 Å². The molecule has 0 aromatic heterocycles. The van der Waals surface area contributed by atoms with Crippen LogP contribution < -0.4 is 11.1 Å². The Morgan fingerprint density at radius 3 is 2.64 bits per heavy atom. The molecule has 144 valence electrons. The van der Waals surface area contributed by atoms with E-state index in [0.717, 1.165) is 19.9 Å². The van der Waals surface area contributed by atoms with Crippen molar-refractivity contribution in [3.05, 3.63) is 0 Å². The van der Waals surface area contributed by atoms with Crippen LogP contribution in [0.4, 0.5) is 13.2 Å². The van der Waals surface area contributed by atoms with Crippen molar-refractivity contribution in [1.82, 2.24) is 15.1 Å². The van der Waals surface area contributed by atoms with E-state index in [2.05, 4.69) is 10.3 Å². The number of nitrogens with zero attached hydrogens (tertiary/aromatic N) is 3. The number of alkyl halides is 3. The second-order valence-electron chi connectivity index (χ2n) is 6.16. The fraction of sp³-hybridized carbons (Fsp3) is 0.800. The Bertz CT molecular complexity index is 496. The molecule has 0 saturated carbocycles. The number of aliphatic imine (C=N–C) groups is 1. The van der Waals surface area contributed by atoms with Gasteiger partial charge in [-0.1, -0.05) is 0 Å². The van der Waals surface area contributed by atoms with Crippen molar-refractivity contribution in [2.45, 2.75) is 32.4 Å². The number of nitrogens with one attached hydrogen (secondary N) is 1. The summed E-state index contributed by atoms with van der Waals surface area (Å²) in [6.07, 6.45) is -2.42. The van der Waals surface area contributed by atoms with E-state index in [1.165, 1.54) is 0 Å². The van der Waals surface area contributed by atoms with Gasteiger partial charge in [-0.25, -0.2) is 4.99 Å². The fourth-order valence-electron chi connectivity index (χ4n) is 2.75. The highest BCUT2D eigenvalue weighted by Gasteiger charge is 2.31. The molecule has 0 aromatic carbocycles. The first kappa shape index (κ1) is 21.0. The van der Waals surface area contributed by atoms with Gasteiger partial charge in [-0.05, 0) is 25.7 Å². The Morgan fingerprint density at radius 2 is 2.08 bits per heavy atom. The number of halogens is 3. The molecule has 1 fully saturated rings. The molecular formula is C15H26F3N5O2. The van der Waals surface area contributed by atoms with Crippen LogP contribution in [0, 0.1) is 5.92 Å². The average Bonchev–Trinajstić information content (AvgIpc) is 2.49. The van der Waals surface area contributed by atoms with Crippen LogP contribution in [0.25, 0.3) is 0 Å². The van der Waals surface area contributed by atoms with E-state index in [0.29, 0.717) is 30.5 Å². The van der Waals surface area contributed by atoms with E-state index in [4.69, 9.17) is 5.73 Å². The lowest BCUT2D eigenvalue weighted by Gasteiger charge is -2.34. The molecule has 1 rings (SSSR count). The lowest BCUT2D eigenvalue weighted by Crippen LogP contribution is -2.47. The van der Waals surface area contributed by atoms with Crippen LogP contribution in [0.15, 0.2) is 4.99 Å². The molecule has 1 saturated heterocycles. The van der Waals surface area contributed by atoms with Crippen molar-refractivity contribution in [3.63, 3.8) is 0 Å². The van der Waals surface area contributed by atoms with Crippen molar-refractivity contribution in [1.29, 1.82) is 0 Å². The number of likely N-dealkylation sites (N-methyl/N-ethyl adjacent to an activating group) is 1. The number of guanidine groups is 1. The number of rotatable bonds is 6. The van der Waals surface area contributed by atoms with Crippen molar-refractivity contribution in [3.8, 4) is 0 Å². The van der Waals surface area contributed by atoms with Gasteiger partial charge >= 0.3 is 6.18 Å². The van der Waals surface area contributed by atoms with Gasteiger partial charge in [0.1, 0.15) is 13.1 Å². The standard InChI is InChI=1S/C15H26F3N5O2/c1-3-20-14(21-8-13(25)22(2)10-15(16,17)18)23-6-4-5-11(9-23)7-12(19)24/h11H,3-10H2,1-2H3,(H2,19,24)(H,20,21). The number of nitrogens with two attached hydrogens (primary N) is 1. The van der Waals surface area contributed by atoms with Crippen LogP contribution in [0.5, 0.6) is 0 Å². The third-order valence-corrected chi connectivity index (χ3v) is 3.85. The van der Waals surface area contributed by atoms with Crippen molar-refractivity contribution < 1.29 is 22.8 Å². The number of primary amides is 1. The van der Waals surface area contributed by atoms with Crippen molar-refractivity contribution >= 4 is 17.8 Å². The molecule has 1 aliphatic rings. The topological polar surface area (TPSA) is 91.0 Å². The van der Waals surface area contributed by atoms with Gasteiger partial charge in [0.05, 0.1) is 0 Å². The molecule has 25 heavy (non-hydrogen) atoms. The van der Waals surface area contributed by atoms with Gasteiger partial charge in [-0.3, -0.25) is 9.59 Å². The minimum absolute atomic E-state index is 0.110. The lowest BCUT2D eigenvalue weighted by molar-refractivity contribution is -0.157. The van der Waals surface area contributed by atoms with Crippen LogP contribution >= 0.6 is 0 Å². The quantitative estimate of drug-likeness (QED) is 0.532. The number of hydrogen-bond acceptors (Lipinski definition) is 3. The summed E-state index contributed by atoms with van der Waals surface area (Å²) in [5.74, 6) is -0.500. The Morgan fingerprint density at radius 1 is 1.40 bits per heavy atom. The van der Waals surface area contributed by atoms with Gasteiger partial charge in [0.15, 0.2) is 5.96 Å². The highest BCUT2D eigenvalue weighted by Crippen LogP contribution is 2.19. The molecule has 0 spiro atoms. The Balaban J connectivity index is 2.69. The number of hydrogen-bond donors (Lipinski definition) is 2. The minimum atomic E-state index is -4.44. The molecule has 1 unspecified atom stereocenters. The first-order valence-electron chi connectivity index (χ1n) is 8.24. The van der Waals surface area contributed by atoms with Crippen LogP contribution in [-0.2, 0) is 9.59 Å². The van der Waals surface area contributed by atoms with Gasteiger partial charge in [0, 0.05) is 33.1 Å². The number of carbonyl (C=O) groups is 2. The first-order chi connectivity index (χ1) is 11.6. The fourth-order valence-corrected chi connectivity index (χ4v) is 2.75. The van der Waals surface area contributed by atoms with E-state index >= 15 is 0 Å². The van der Waals surface area contributed by atoms with Crippen molar-refractivity contribution in [2.24, 2.45) is 16.6 Å². The average molecular weight is 365 g/mol. The van der Waals surface area contributed by atoms with E-state index in [1.807, 2.05) is 11.8 Å². The SMILES string of the molecule is CCNC(=NCC(=O)N(C)CC(F)(F)F)N1CCCC(CC(N)=O)C1. The maximum Gasteiger partial charge on any atom is 0.406 e. The second-order valence-corrected chi connectivity index (χ2v) is 6.16. The molecule has 0 radical (unpaired) electrons. The zero-order valence-electron chi connectivity index (χ0n) is 14.6. The third-order valence-electron chi connectivity index (χ3n) is 3.85. The smallest absolute Gasteiger partial charge is 0.370 e. The maximum atomic E-state index is 12.3. The number of likely N-dealkylation sites (tertiary alicyclic amines) is 1. The van der Waals surface area contributed by atoms with Gasteiger partial charge < -0.3 is 20.9 Å². The summed E-state index contributed by atoms with van der Waals surface area (Å²) in [5.41, 5.74) is 5.24. The third kappa shape index (κ3) is 8.08. The molecule has 10 heteroatoms. The predicted molar refractivity (Wildman–Crippen MR) is 87.8 cm³/mol. The molecule has 1 heterocycles. The van der Waals surface area contributed by atoms with E-state index in [9.17, 15) is 22.8 Å². The highest BCUT2D eigenvalue weighted by atomic mass is 19.4. The van der Waals surface area contributed by atoms with Gasteiger partial charge in [0.25, 0.3) is 0 Å². The largest absolute Gasteiger partial charge is 0.406 e. The molecule has 0 bridgehead atoms. The molecule has 2 amide bonds. The lowest BCUT2D eigenvalue weighted by atomic mass is 9.95. The van der Waals surface area contributed by atoms with Crippen LogP contribution in [-0.4, -0.2) is 73.5 Å². The first-order valence-corrected chi connectivity index (χ1v) is 8.24. The molecule has 3 N–H and O–H groups in total. The van der Waals surface area contributed by atoms with Gasteiger partial charge in [-0.15, -0.1) is 0 Å². The molecule has 0 aliphatic carbocycles. The maximum absolute atomic E-state index is 12.3. The van der Waals surface area contributed by atoms with Crippen LogP contribution in [0.3, 0.4) is 0 Å². The zero-order valence-corrected chi connectivity index (χ0v) is 14.6. The van der Waals surface area contributed by atoms with Gasteiger partial charge in [-0.2, -0.15) is 13.2 Å². The second kappa shape index (κ2) is 9.47. The van der Waals surface area contributed by atoms with Gasteiger partial charge in [0.2, 0.25) is 11.8 Å². The molecular weight excluding hydrogens is 339 g/mol.